The third-order valence-electron chi connectivity index (χ3n) is 7.32. The molecule has 32 heavy (non-hydrogen) atoms. The molecule has 2 aliphatic rings. The van der Waals surface area contributed by atoms with Crippen LogP contribution in [0.2, 0.25) is 0 Å². The van der Waals surface area contributed by atoms with E-state index in [1.165, 1.54) is 36.7 Å². The topological polar surface area (TPSA) is 65.1 Å². The number of nitrogens with zero attached hydrogens (tertiary/aromatic N) is 5. The van der Waals surface area contributed by atoms with Crippen molar-refractivity contribution in [2.24, 2.45) is 13.0 Å². The fourth-order valence-corrected chi connectivity index (χ4v) is 5.52. The van der Waals surface area contributed by atoms with Gasteiger partial charge < -0.3 is 9.47 Å². The van der Waals surface area contributed by atoms with E-state index in [4.69, 9.17) is 4.98 Å². The Morgan fingerprint density at radius 2 is 1.81 bits per heavy atom. The summed E-state index contributed by atoms with van der Waals surface area (Å²) in [7, 11) is 1.73. The predicted octanol–water partition coefficient (Wildman–Crippen LogP) is 3.35. The van der Waals surface area contributed by atoms with Gasteiger partial charge in [0.1, 0.15) is 0 Å². The van der Waals surface area contributed by atoms with Crippen molar-refractivity contribution in [1.82, 2.24) is 18.7 Å². The Kier molecular flexibility index (Phi) is 5.22. The molecule has 2 aromatic heterocycles. The second-order valence-corrected chi connectivity index (χ2v) is 9.91. The molecule has 0 radical (unpaired) electrons. The SMILES string of the molecule is Cc1ccc(C)c(Cn2c(=O)c3c(nc4n3C[C@@H](C)CN4C3CCCCC3)n(C)c2=O)c1. The van der Waals surface area contributed by atoms with Gasteiger partial charge >= 0.3 is 5.69 Å². The van der Waals surface area contributed by atoms with E-state index >= 15 is 0 Å². The maximum atomic E-state index is 13.7. The molecule has 1 aromatic carbocycles. The van der Waals surface area contributed by atoms with Gasteiger partial charge in [0.15, 0.2) is 11.2 Å². The van der Waals surface area contributed by atoms with Gasteiger partial charge in [0.05, 0.1) is 6.54 Å². The summed E-state index contributed by atoms with van der Waals surface area (Å²) in [6.45, 7) is 8.28. The van der Waals surface area contributed by atoms with Crippen LogP contribution in [-0.2, 0) is 20.1 Å². The summed E-state index contributed by atoms with van der Waals surface area (Å²) in [5.41, 5.74) is 3.71. The van der Waals surface area contributed by atoms with Gasteiger partial charge in [-0.15, -0.1) is 0 Å². The third-order valence-corrected chi connectivity index (χ3v) is 7.32. The number of aryl methyl sites for hydroxylation is 3. The van der Waals surface area contributed by atoms with Crippen molar-refractivity contribution >= 4 is 17.1 Å². The van der Waals surface area contributed by atoms with Crippen molar-refractivity contribution in [3.8, 4) is 0 Å². The smallest absolute Gasteiger partial charge is 0.332 e. The third kappa shape index (κ3) is 3.38. The van der Waals surface area contributed by atoms with Gasteiger partial charge in [-0.1, -0.05) is 49.9 Å². The first-order chi connectivity index (χ1) is 15.3. The van der Waals surface area contributed by atoms with E-state index in [9.17, 15) is 9.59 Å². The maximum Gasteiger partial charge on any atom is 0.332 e. The van der Waals surface area contributed by atoms with Crippen LogP contribution in [0.4, 0.5) is 5.95 Å². The molecule has 1 aliphatic carbocycles. The molecule has 0 bridgehead atoms. The number of hydrogen-bond acceptors (Lipinski definition) is 4. The normalized spacial score (nSPS) is 19.5. The maximum absolute atomic E-state index is 13.7. The fraction of sp³-hybridized carbons (Fsp3) is 0.560. The molecule has 1 fully saturated rings. The minimum atomic E-state index is -0.309. The number of fused-ring (bicyclic) bond motifs is 3. The number of benzene rings is 1. The molecule has 7 heteroatoms. The molecule has 5 rings (SSSR count). The second kappa shape index (κ2) is 7.94. The van der Waals surface area contributed by atoms with Crippen molar-refractivity contribution in [1.29, 1.82) is 0 Å². The molecule has 0 amide bonds. The molecule has 1 saturated carbocycles. The van der Waals surface area contributed by atoms with Gasteiger partial charge in [-0.2, -0.15) is 4.98 Å². The number of rotatable bonds is 3. The molecule has 0 saturated heterocycles. The van der Waals surface area contributed by atoms with Crippen LogP contribution < -0.4 is 16.1 Å². The lowest BCUT2D eigenvalue weighted by molar-refractivity contribution is 0.354. The standard InChI is InChI=1S/C25H33N5O2/c1-16-10-11-18(3)19(12-16)15-30-23(31)21-22(27(4)25(30)32)26-24-28(13-17(2)14-29(21)24)20-8-6-5-7-9-20/h10-12,17,20H,5-9,13-15H2,1-4H3/t17-/m0/s1. The van der Waals surface area contributed by atoms with Crippen molar-refractivity contribution in [3.05, 3.63) is 55.7 Å². The molecule has 7 nitrogen and oxygen atoms in total. The number of imidazole rings is 1. The van der Waals surface area contributed by atoms with Gasteiger partial charge in [0, 0.05) is 26.2 Å². The molecule has 3 heterocycles. The fourth-order valence-electron chi connectivity index (χ4n) is 5.52. The van der Waals surface area contributed by atoms with Gasteiger partial charge in [-0.25, -0.2) is 4.79 Å². The van der Waals surface area contributed by atoms with Crippen LogP contribution in [0.1, 0.15) is 55.7 Å². The summed E-state index contributed by atoms with van der Waals surface area (Å²) in [6, 6.07) is 6.63. The highest BCUT2D eigenvalue weighted by Gasteiger charge is 2.33. The number of aromatic nitrogens is 4. The lowest BCUT2D eigenvalue weighted by Crippen LogP contribution is -2.45. The highest BCUT2D eigenvalue weighted by atomic mass is 16.2. The van der Waals surface area contributed by atoms with E-state index in [0.717, 1.165) is 35.7 Å². The van der Waals surface area contributed by atoms with Crippen LogP contribution in [0.5, 0.6) is 0 Å². The van der Waals surface area contributed by atoms with Crippen molar-refractivity contribution in [2.75, 3.05) is 11.4 Å². The molecule has 1 aliphatic heterocycles. The lowest BCUT2D eigenvalue weighted by Gasteiger charge is -2.40. The minimum absolute atomic E-state index is 0.236. The summed E-state index contributed by atoms with van der Waals surface area (Å²) in [5.74, 6) is 1.28. The Bertz CT molecular complexity index is 1290. The highest BCUT2D eigenvalue weighted by molar-refractivity contribution is 5.75. The van der Waals surface area contributed by atoms with E-state index in [1.54, 1.807) is 11.6 Å². The Labute approximate surface area is 188 Å². The highest BCUT2D eigenvalue weighted by Crippen LogP contribution is 2.33. The van der Waals surface area contributed by atoms with E-state index < -0.39 is 0 Å². The molecule has 1 atom stereocenters. The quantitative estimate of drug-likeness (QED) is 0.633. The zero-order chi connectivity index (χ0) is 22.6. The molecular weight excluding hydrogens is 402 g/mol. The monoisotopic (exact) mass is 435 g/mol. The van der Waals surface area contributed by atoms with E-state index in [0.29, 0.717) is 23.1 Å². The average Bonchev–Trinajstić information content (AvgIpc) is 3.17. The van der Waals surface area contributed by atoms with Gasteiger partial charge in [-0.3, -0.25) is 13.9 Å². The minimum Gasteiger partial charge on any atom is -0.339 e. The van der Waals surface area contributed by atoms with Crippen molar-refractivity contribution < 1.29 is 0 Å². The van der Waals surface area contributed by atoms with Gasteiger partial charge in [0.2, 0.25) is 5.95 Å². The number of hydrogen-bond donors (Lipinski definition) is 0. The van der Waals surface area contributed by atoms with Gasteiger partial charge in [-0.05, 0) is 43.7 Å². The summed E-state index contributed by atoms with van der Waals surface area (Å²) >= 11 is 0. The Balaban J connectivity index is 1.68. The van der Waals surface area contributed by atoms with E-state index in [2.05, 4.69) is 28.5 Å². The van der Waals surface area contributed by atoms with Crippen LogP contribution >= 0.6 is 0 Å². The first-order valence-electron chi connectivity index (χ1n) is 11.9. The van der Waals surface area contributed by atoms with Crippen LogP contribution in [0.3, 0.4) is 0 Å². The summed E-state index contributed by atoms with van der Waals surface area (Å²) in [6.07, 6.45) is 6.14. The largest absolute Gasteiger partial charge is 0.339 e. The van der Waals surface area contributed by atoms with Crippen molar-refractivity contribution in [3.63, 3.8) is 0 Å². The molecule has 3 aromatic rings. The first-order valence-corrected chi connectivity index (χ1v) is 11.9. The van der Waals surface area contributed by atoms with Crippen LogP contribution in [-0.4, -0.2) is 31.3 Å². The summed E-state index contributed by atoms with van der Waals surface area (Å²) in [4.78, 5) is 34.2. The Morgan fingerprint density at radius 3 is 2.56 bits per heavy atom. The second-order valence-electron chi connectivity index (χ2n) is 9.91. The Morgan fingerprint density at radius 1 is 1.06 bits per heavy atom. The van der Waals surface area contributed by atoms with Crippen LogP contribution in [0, 0.1) is 19.8 Å². The predicted molar refractivity (Wildman–Crippen MR) is 128 cm³/mol. The lowest BCUT2D eigenvalue weighted by atomic mass is 9.93. The Hall–Kier alpha value is -2.83. The molecule has 0 spiro atoms. The van der Waals surface area contributed by atoms with E-state index in [-0.39, 0.29) is 17.8 Å². The summed E-state index contributed by atoms with van der Waals surface area (Å²) in [5, 5.41) is 0. The molecular formula is C25H33N5O2. The van der Waals surface area contributed by atoms with Crippen LogP contribution in [0.15, 0.2) is 27.8 Å². The molecule has 0 N–H and O–H groups in total. The number of anilines is 1. The molecule has 0 unspecified atom stereocenters. The molecule has 170 valence electrons. The summed E-state index contributed by atoms with van der Waals surface area (Å²) < 4.78 is 5.01. The van der Waals surface area contributed by atoms with Crippen LogP contribution in [0.25, 0.3) is 11.2 Å². The first kappa shape index (κ1) is 21.0. The zero-order valence-corrected chi connectivity index (χ0v) is 19.6. The average molecular weight is 436 g/mol. The van der Waals surface area contributed by atoms with Gasteiger partial charge in [0.25, 0.3) is 5.56 Å². The zero-order valence-electron chi connectivity index (χ0n) is 19.6. The van der Waals surface area contributed by atoms with Crippen molar-refractivity contribution in [2.45, 2.75) is 72.0 Å². The van der Waals surface area contributed by atoms with E-state index in [1.807, 2.05) is 19.9 Å².